The summed E-state index contributed by atoms with van der Waals surface area (Å²) in [4.78, 5) is 25.1. The van der Waals surface area contributed by atoms with Crippen molar-refractivity contribution in [2.24, 2.45) is 5.41 Å². The monoisotopic (exact) mass is 257 g/mol. The molecular weight excluding hydrogens is 238 g/mol. The smallest absolute Gasteiger partial charge is 0.319 e. The summed E-state index contributed by atoms with van der Waals surface area (Å²) >= 11 is 1.86. The van der Waals surface area contributed by atoms with Crippen LogP contribution in [-0.2, 0) is 9.59 Å². The van der Waals surface area contributed by atoms with E-state index in [1.54, 1.807) is 4.90 Å². The Morgan fingerprint density at radius 3 is 2.35 bits per heavy atom. The summed E-state index contributed by atoms with van der Waals surface area (Å²) in [5.41, 5.74) is -1.07. The van der Waals surface area contributed by atoms with Crippen LogP contribution in [0.4, 0.5) is 0 Å². The summed E-state index contributed by atoms with van der Waals surface area (Å²) in [7, 11) is 0. The molecule has 0 aromatic rings. The number of hydrogen-bond acceptors (Lipinski definition) is 3. The van der Waals surface area contributed by atoms with Gasteiger partial charge in [0, 0.05) is 23.6 Å². The second-order valence-corrected chi connectivity index (χ2v) is 7.34. The first-order chi connectivity index (χ1) is 7.87. The molecular formula is C12H19NO3S. The van der Waals surface area contributed by atoms with E-state index in [4.69, 9.17) is 5.11 Å². The summed E-state index contributed by atoms with van der Waals surface area (Å²) < 4.78 is 0.189. The van der Waals surface area contributed by atoms with Crippen LogP contribution < -0.4 is 0 Å². The number of hydrogen-bond donors (Lipinski definition) is 1. The van der Waals surface area contributed by atoms with Crippen LogP contribution in [0.2, 0.25) is 0 Å². The quantitative estimate of drug-likeness (QED) is 0.763. The van der Waals surface area contributed by atoms with Gasteiger partial charge in [0.25, 0.3) is 0 Å². The fourth-order valence-electron chi connectivity index (χ4n) is 2.17. The first-order valence-electron chi connectivity index (χ1n) is 6.04. The van der Waals surface area contributed by atoms with Crippen LogP contribution in [0.5, 0.6) is 0 Å². The fourth-order valence-corrected chi connectivity index (χ4v) is 3.27. The van der Waals surface area contributed by atoms with Crippen LogP contribution in [0.15, 0.2) is 0 Å². The van der Waals surface area contributed by atoms with Crippen molar-refractivity contribution < 1.29 is 14.7 Å². The molecule has 1 N–H and O–H groups in total. The van der Waals surface area contributed by atoms with Crippen molar-refractivity contribution in [3.63, 3.8) is 0 Å². The maximum atomic E-state index is 12.2. The molecule has 2 aliphatic rings. The lowest BCUT2D eigenvalue weighted by Gasteiger charge is -2.25. The van der Waals surface area contributed by atoms with Crippen molar-refractivity contribution in [3.05, 3.63) is 0 Å². The number of thioether (sulfide) groups is 1. The Morgan fingerprint density at radius 1 is 1.18 bits per heavy atom. The maximum absolute atomic E-state index is 12.2. The number of amides is 1. The third-order valence-electron chi connectivity index (χ3n) is 3.69. The summed E-state index contributed by atoms with van der Waals surface area (Å²) in [5.74, 6) is -0.212. The number of rotatable bonds is 2. The topological polar surface area (TPSA) is 57.6 Å². The molecule has 0 bridgehead atoms. The first kappa shape index (κ1) is 12.7. The van der Waals surface area contributed by atoms with Crippen LogP contribution in [0, 0.1) is 5.41 Å². The normalized spacial score (nSPS) is 26.1. The van der Waals surface area contributed by atoms with Crippen LogP contribution in [0.1, 0.15) is 33.1 Å². The zero-order chi connectivity index (χ0) is 12.7. The van der Waals surface area contributed by atoms with Crippen molar-refractivity contribution >= 4 is 23.6 Å². The predicted molar refractivity (Wildman–Crippen MR) is 67.0 cm³/mol. The second kappa shape index (κ2) is 4.19. The van der Waals surface area contributed by atoms with E-state index in [-0.39, 0.29) is 10.7 Å². The van der Waals surface area contributed by atoms with Crippen LogP contribution in [0.3, 0.4) is 0 Å². The third-order valence-corrected chi connectivity index (χ3v) is 5.07. The predicted octanol–water partition coefficient (Wildman–Crippen LogP) is 1.60. The van der Waals surface area contributed by atoms with Crippen molar-refractivity contribution in [1.29, 1.82) is 0 Å². The minimum absolute atomic E-state index is 0.164. The van der Waals surface area contributed by atoms with Gasteiger partial charge in [0.2, 0.25) is 5.91 Å². The highest BCUT2D eigenvalue weighted by molar-refractivity contribution is 8.00. The van der Waals surface area contributed by atoms with Gasteiger partial charge < -0.3 is 10.0 Å². The number of carbonyl (C=O) groups excluding carboxylic acids is 1. The molecule has 1 amide bonds. The Bertz CT molecular complexity index is 350. The van der Waals surface area contributed by atoms with Crippen molar-refractivity contribution in [2.45, 2.75) is 37.9 Å². The molecule has 1 saturated heterocycles. The Kier molecular flexibility index (Phi) is 3.14. The molecule has 1 aliphatic heterocycles. The lowest BCUT2D eigenvalue weighted by Crippen LogP contribution is -2.42. The van der Waals surface area contributed by atoms with E-state index >= 15 is 0 Å². The van der Waals surface area contributed by atoms with Gasteiger partial charge in [-0.25, -0.2) is 0 Å². The first-order valence-corrected chi connectivity index (χ1v) is 7.03. The molecule has 1 heterocycles. The van der Waals surface area contributed by atoms with Crippen molar-refractivity contribution in [2.75, 3.05) is 18.8 Å². The SMILES string of the molecule is CC1(C)CCN(C(=O)C2(C(=O)O)CC2)CCS1. The Morgan fingerprint density at radius 2 is 1.82 bits per heavy atom. The second-order valence-electron chi connectivity index (χ2n) is 5.54. The fraction of sp³-hybridized carbons (Fsp3) is 0.833. The Labute approximate surface area is 106 Å². The number of carboxylic acids is 1. The largest absolute Gasteiger partial charge is 0.480 e. The van der Waals surface area contributed by atoms with E-state index in [1.807, 2.05) is 11.8 Å². The average molecular weight is 257 g/mol. The van der Waals surface area contributed by atoms with Gasteiger partial charge >= 0.3 is 5.97 Å². The molecule has 1 saturated carbocycles. The minimum Gasteiger partial charge on any atom is -0.480 e. The van der Waals surface area contributed by atoms with E-state index in [9.17, 15) is 9.59 Å². The molecule has 2 rings (SSSR count). The van der Waals surface area contributed by atoms with Gasteiger partial charge in [-0.05, 0) is 19.3 Å². The summed E-state index contributed by atoms with van der Waals surface area (Å²) in [6.07, 6.45) is 1.95. The molecule has 96 valence electrons. The summed E-state index contributed by atoms with van der Waals surface area (Å²) in [5, 5.41) is 9.13. The number of nitrogens with zero attached hydrogens (tertiary/aromatic N) is 1. The Balaban J connectivity index is 2.04. The van der Waals surface area contributed by atoms with E-state index in [2.05, 4.69) is 13.8 Å². The third kappa shape index (κ3) is 2.44. The van der Waals surface area contributed by atoms with E-state index in [0.29, 0.717) is 25.9 Å². The van der Waals surface area contributed by atoms with Gasteiger partial charge in [-0.3, -0.25) is 9.59 Å². The molecule has 0 aromatic heterocycles. The number of carboxylic acid groups (broad SMARTS) is 1. The zero-order valence-electron chi connectivity index (χ0n) is 10.4. The Hall–Kier alpha value is -0.710. The molecule has 0 radical (unpaired) electrons. The van der Waals surface area contributed by atoms with Gasteiger partial charge in [-0.15, -0.1) is 0 Å². The molecule has 1 aliphatic carbocycles. The minimum atomic E-state index is -1.07. The summed E-state index contributed by atoms with van der Waals surface area (Å²) in [6, 6.07) is 0. The van der Waals surface area contributed by atoms with Gasteiger partial charge in [-0.1, -0.05) is 13.8 Å². The van der Waals surface area contributed by atoms with Gasteiger partial charge in [0.05, 0.1) is 0 Å². The molecule has 0 spiro atoms. The van der Waals surface area contributed by atoms with E-state index < -0.39 is 11.4 Å². The highest BCUT2D eigenvalue weighted by atomic mass is 32.2. The van der Waals surface area contributed by atoms with Gasteiger partial charge in [0.15, 0.2) is 0 Å². The highest BCUT2D eigenvalue weighted by Gasteiger charge is 2.58. The highest BCUT2D eigenvalue weighted by Crippen LogP contribution is 2.48. The summed E-state index contributed by atoms with van der Waals surface area (Å²) in [6.45, 7) is 5.72. The lowest BCUT2D eigenvalue weighted by molar-refractivity contribution is -0.153. The maximum Gasteiger partial charge on any atom is 0.319 e. The number of carbonyl (C=O) groups is 2. The van der Waals surface area contributed by atoms with Gasteiger partial charge in [0.1, 0.15) is 5.41 Å². The van der Waals surface area contributed by atoms with Gasteiger partial charge in [-0.2, -0.15) is 11.8 Å². The molecule has 4 nitrogen and oxygen atoms in total. The molecule has 5 heteroatoms. The molecule has 2 fully saturated rings. The standard InChI is InChI=1S/C12H19NO3S/c1-11(2)5-6-13(7-8-17-11)9(14)12(3-4-12)10(15)16/h3-8H2,1-2H3,(H,15,16). The zero-order valence-corrected chi connectivity index (χ0v) is 11.2. The van der Waals surface area contributed by atoms with E-state index in [1.165, 1.54) is 0 Å². The molecule has 17 heavy (non-hydrogen) atoms. The van der Waals surface area contributed by atoms with Crippen molar-refractivity contribution in [3.8, 4) is 0 Å². The van der Waals surface area contributed by atoms with E-state index in [0.717, 1.165) is 12.2 Å². The van der Waals surface area contributed by atoms with Crippen LogP contribution in [0.25, 0.3) is 0 Å². The average Bonchev–Trinajstić information content (AvgIpc) is 3.02. The lowest BCUT2D eigenvalue weighted by atomic mass is 10.0. The molecule has 0 unspecified atom stereocenters. The molecule has 0 aromatic carbocycles. The van der Waals surface area contributed by atoms with Crippen LogP contribution in [-0.4, -0.2) is 45.5 Å². The van der Waals surface area contributed by atoms with Crippen LogP contribution >= 0.6 is 11.8 Å². The number of aliphatic carboxylic acids is 1. The molecule has 0 atom stereocenters. The van der Waals surface area contributed by atoms with Crippen molar-refractivity contribution in [1.82, 2.24) is 4.90 Å².